The minimum Gasteiger partial charge on any atom is -0.399 e. The van der Waals surface area contributed by atoms with Crippen LogP contribution in [0.25, 0.3) is 38.8 Å². The van der Waals surface area contributed by atoms with Gasteiger partial charge >= 0.3 is 7.12 Å². The van der Waals surface area contributed by atoms with Crippen molar-refractivity contribution in [3.63, 3.8) is 0 Å². The number of imidazole rings is 1. The molecule has 0 radical (unpaired) electrons. The quantitative estimate of drug-likeness (QED) is 0.308. The Morgan fingerprint density at radius 2 is 1.35 bits per heavy atom. The molecule has 34 heavy (non-hydrogen) atoms. The summed E-state index contributed by atoms with van der Waals surface area (Å²) in [7, 11) is -0.375. The SMILES string of the molecule is CC.CC1(C)OB(c2ccc(-c3nc4c(nc5ccccn54)c4ccccc34)cc2)OC1(C)C. The van der Waals surface area contributed by atoms with Crippen molar-refractivity contribution >= 4 is 40.2 Å². The molecule has 2 aromatic carbocycles. The van der Waals surface area contributed by atoms with Gasteiger partial charge in [0.25, 0.3) is 0 Å². The summed E-state index contributed by atoms with van der Waals surface area (Å²) in [4.78, 5) is 9.91. The van der Waals surface area contributed by atoms with Gasteiger partial charge < -0.3 is 9.31 Å². The molecule has 6 rings (SSSR count). The molecule has 3 aromatic heterocycles. The molecule has 0 saturated carbocycles. The third-order valence-corrected chi connectivity index (χ3v) is 6.87. The summed E-state index contributed by atoms with van der Waals surface area (Å²) in [6.45, 7) is 12.3. The van der Waals surface area contributed by atoms with Crippen LogP contribution in [0.5, 0.6) is 0 Å². The second kappa shape index (κ2) is 8.22. The zero-order chi connectivity index (χ0) is 24.1. The summed E-state index contributed by atoms with van der Waals surface area (Å²) in [6, 6.07) is 22.7. The van der Waals surface area contributed by atoms with Gasteiger partial charge in [0, 0.05) is 22.5 Å². The van der Waals surface area contributed by atoms with Crippen molar-refractivity contribution in [2.75, 3.05) is 0 Å². The fourth-order valence-corrected chi connectivity index (χ4v) is 4.33. The van der Waals surface area contributed by atoms with E-state index >= 15 is 0 Å². The normalized spacial score (nSPS) is 16.7. The molecule has 1 aliphatic rings. The standard InChI is InChI=1S/C26H24BN3O2.C2H6/c1-25(2)26(3,4)32-27(31-25)18-14-12-17(13-15-18)22-19-9-5-6-10-20(19)23-24(29-22)30-16-8-7-11-21(30)28-23;1-2/h5-16H,1-4H3;1-2H3. The highest BCUT2D eigenvalue weighted by atomic mass is 16.7. The molecule has 1 fully saturated rings. The molecular weight excluding hydrogens is 421 g/mol. The minimum atomic E-state index is -0.375. The van der Waals surface area contributed by atoms with Gasteiger partial charge in [-0.2, -0.15) is 0 Å². The van der Waals surface area contributed by atoms with Crippen LogP contribution < -0.4 is 5.46 Å². The van der Waals surface area contributed by atoms with Crippen molar-refractivity contribution in [2.24, 2.45) is 0 Å². The van der Waals surface area contributed by atoms with Crippen LogP contribution in [-0.2, 0) is 9.31 Å². The lowest BCUT2D eigenvalue weighted by atomic mass is 9.78. The van der Waals surface area contributed by atoms with E-state index in [2.05, 4.69) is 70.2 Å². The number of fused-ring (bicyclic) bond motifs is 5. The Morgan fingerprint density at radius 1 is 0.735 bits per heavy atom. The number of benzene rings is 2. The van der Waals surface area contributed by atoms with Crippen molar-refractivity contribution in [3.05, 3.63) is 72.9 Å². The number of nitrogens with zero attached hydrogens (tertiary/aromatic N) is 3. The highest BCUT2D eigenvalue weighted by Crippen LogP contribution is 2.37. The van der Waals surface area contributed by atoms with Crippen molar-refractivity contribution in [3.8, 4) is 11.3 Å². The summed E-state index contributed by atoms with van der Waals surface area (Å²) >= 11 is 0. The Kier molecular flexibility index (Phi) is 5.46. The Hall–Kier alpha value is -3.22. The van der Waals surface area contributed by atoms with Gasteiger partial charge in [0.15, 0.2) is 5.65 Å². The average molecular weight is 451 g/mol. The average Bonchev–Trinajstić information content (AvgIpc) is 3.33. The number of hydrogen-bond donors (Lipinski definition) is 0. The molecule has 0 N–H and O–H groups in total. The number of aromatic nitrogens is 3. The maximum atomic E-state index is 6.21. The molecule has 6 heteroatoms. The van der Waals surface area contributed by atoms with Crippen LogP contribution >= 0.6 is 0 Å². The molecule has 0 spiro atoms. The second-order valence-corrected chi connectivity index (χ2v) is 9.43. The summed E-state index contributed by atoms with van der Waals surface area (Å²) < 4.78 is 14.5. The zero-order valence-corrected chi connectivity index (χ0v) is 20.7. The van der Waals surface area contributed by atoms with Crippen LogP contribution in [0.3, 0.4) is 0 Å². The van der Waals surface area contributed by atoms with E-state index in [1.54, 1.807) is 0 Å². The third-order valence-electron chi connectivity index (χ3n) is 6.87. The summed E-state index contributed by atoms with van der Waals surface area (Å²) in [5, 5.41) is 2.19. The van der Waals surface area contributed by atoms with Gasteiger partial charge in [0.05, 0.1) is 16.9 Å². The highest BCUT2D eigenvalue weighted by Gasteiger charge is 2.51. The molecule has 1 saturated heterocycles. The Morgan fingerprint density at radius 3 is 2.03 bits per heavy atom. The van der Waals surface area contributed by atoms with Crippen LogP contribution in [0.1, 0.15) is 41.5 Å². The van der Waals surface area contributed by atoms with Gasteiger partial charge in [-0.1, -0.05) is 68.4 Å². The molecule has 172 valence electrons. The maximum absolute atomic E-state index is 6.21. The van der Waals surface area contributed by atoms with E-state index in [4.69, 9.17) is 19.3 Å². The molecule has 0 bridgehead atoms. The van der Waals surface area contributed by atoms with Crippen LogP contribution in [0.4, 0.5) is 0 Å². The third kappa shape index (κ3) is 3.49. The van der Waals surface area contributed by atoms with E-state index in [0.717, 1.165) is 44.3 Å². The molecule has 4 heterocycles. The smallest absolute Gasteiger partial charge is 0.399 e. The van der Waals surface area contributed by atoms with Gasteiger partial charge in [0.1, 0.15) is 11.2 Å². The van der Waals surface area contributed by atoms with Crippen molar-refractivity contribution in [1.29, 1.82) is 0 Å². The van der Waals surface area contributed by atoms with Crippen LogP contribution in [0.15, 0.2) is 72.9 Å². The predicted octanol–water partition coefficient (Wildman–Crippen LogP) is 6.03. The highest BCUT2D eigenvalue weighted by molar-refractivity contribution is 6.62. The van der Waals surface area contributed by atoms with Crippen LogP contribution in [0, 0.1) is 0 Å². The summed E-state index contributed by atoms with van der Waals surface area (Å²) in [6.07, 6.45) is 2.01. The van der Waals surface area contributed by atoms with Crippen molar-refractivity contribution in [2.45, 2.75) is 52.7 Å². The van der Waals surface area contributed by atoms with E-state index in [0.29, 0.717) is 0 Å². The Bertz CT molecular complexity index is 1470. The van der Waals surface area contributed by atoms with Crippen molar-refractivity contribution < 1.29 is 9.31 Å². The molecule has 0 aliphatic carbocycles. The summed E-state index contributed by atoms with van der Waals surface area (Å²) in [5.74, 6) is 0. The minimum absolute atomic E-state index is 0.359. The molecule has 0 unspecified atom stereocenters. The molecule has 5 nitrogen and oxygen atoms in total. The first-order valence-electron chi connectivity index (χ1n) is 12.0. The fraction of sp³-hybridized carbons (Fsp3) is 0.286. The van der Waals surface area contributed by atoms with E-state index in [9.17, 15) is 0 Å². The van der Waals surface area contributed by atoms with Gasteiger partial charge in [-0.25, -0.2) is 9.97 Å². The van der Waals surface area contributed by atoms with E-state index in [1.807, 2.05) is 48.7 Å². The van der Waals surface area contributed by atoms with Gasteiger partial charge in [-0.15, -0.1) is 0 Å². The molecule has 0 amide bonds. The van der Waals surface area contributed by atoms with E-state index < -0.39 is 0 Å². The maximum Gasteiger partial charge on any atom is 0.494 e. The predicted molar refractivity (Wildman–Crippen MR) is 140 cm³/mol. The second-order valence-electron chi connectivity index (χ2n) is 9.43. The summed E-state index contributed by atoms with van der Waals surface area (Å²) in [5.41, 5.74) is 4.97. The van der Waals surface area contributed by atoms with E-state index in [1.165, 1.54) is 0 Å². The van der Waals surface area contributed by atoms with E-state index in [-0.39, 0.29) is 18.3 Å². The zero-order valence-electron chi connectivity index (χ0n) is 20.7. The molecule has 0 atom stereocenters. The van der Waals surface area contributed by atoms with Gasteiger partial charge in [-0.3, -0.25) is 4.40 Å². The lowest BCUT2D eigenvalue weighted by Crippen LogP contribution is -2.41. The van der Waals surface area contributed by atoms with Crippen LogP contribution in [-0.4, -0.2) is 32.7 Å². The molecule has 1 aliphatic heterocycles. The lowest BCUT2D eigenvalue weighted by Gasteiger charge is -2.32. The molecular formula is C28H30BN3O2. The molecule has 5 aromatic rings. The number of hydrogen-bond acceptors (Lipinski definition) is 4. The van der Waals surface area contributed by atoms with Crippen LogP contribution in [0.2, 0.25) is 0 Å². The largest absolute Gasteiger partial charge is 0.494 e. The first-order chi connectivity index (χ1) is 16.3. The lowest BCUT2D eigenvalue weighted by molar-refractivity contribution is 0.00578. The number of pyridine rings is 2. The first kappa shape index (κ1) is 22.6. The van der Waals surface area contributed by atoms with Gasteiger partial charge in [0.2, 0.25) is 0 Å². The Balaban J connectivity index is 0.00000117. The fourth-order valence-electron chi connectivity index (χ4n) is 4.33. The van der Waals surface area contributed by atoms with Crippen molar-refractivity contribution in [1.82, 2.24) is 14.4 Å². The van der Waals surface area contributed by atoms with Gasteiger partial charge in [-0.05, 0) is 45.3 Å². The Labute approximate surface area is 200 Å². The monoisotopic (exact) mass is 451 g/mol. The first-order valence-corrected chi connectivity index (χ1v) is 12.0. The topological polar surface area (TPSA) is 48.7 Å². The number of rotatable bonds is 2.